The topological polar surface area (TPSA) is 81.8 Å². The smallest absolute Gasteiger partial charge is 0.257 e. The maximum atomic E-state index is 13.5. The fourth-order valence-corrected chi connectivity index (χ4v) is 4.67. The summed E-state index contributed by atoms with van der Waals surface area (Å²) >= 11 is 0. The highest BCUT2D eigenvalue weighted by Gasteiger charge is 2.28. The highest BCUT2D eigenvalue weighted by Crippen LogP contribution is 2.38. The van der Waals surface area contributed by atoms with Crippen molar-refractivity contribution >= 4 is 40.5 Å². The molecule has 3 aromatic carbocycles. The molecule has 3 amide bonds. The molecule has 3 aromatic rings. The predicted molar refractivity (Wildman–Crippen MR) is 137 cm³/mol. The predicted octanol–water partition coefficient (Wildman–Crippen LogP) is 4.58. The van der Waals surface area contributed by atoms with E-state index in [1.807, 2.05) is 48.5 Å². The van der Waals surface area contributed by atoms with Crippen LogP contribution in [-0.2, 0) is 16.0 Å². The lowest BCUT2D eigenvalue weighted by molar-refractivity contribution is -0.117. The first-order valence-corrected chi connectivity index (χ1v) is 12.0. The van der Waals surface area contributed by atoms with Crippen LogP contribution in [0, 0.1) is 0 Å². The number of amides is 3. The number of carbonyl (C=O) groups excluding carboxylic acids is 3. The van der Waals surface area contributed by atoms with Crippen molar-refractivity contribution in [1.29, 1.82) is 0 Å². The molecule has 2 aliphatic rings. The van der Waals surface area contributed by atoms with E-state index < -0.39 is 0 Å². The van der Waals surface area contributed by atoms with Crippen LogP contribution in [0.5, 0.6) is 0 Å². The molecular formula is C28H28N4O3. The minimum absolute atomic E-state index is 0.00401. The molecule has 0 atom stereocenters. The van der Waals surface area contributed by atoms with Gasteiger partial charge in [-0.05, 0) is 67.9 Å². The van der Waals surface area contributed by atoms with Crippen molar-refractivity contribution in [3.8, 4) is 0 Å². The van der Waals surface area contributed by atoms with Crippen molar-refractivity contribution in [2.75, 3.05) is 35.2 Å². The summed E-state index contributed by atoms with van der Waals surface area (Å²) in [5.41, 5.74) is 3.77. The van der Waals surface area contributed by atoms with Gasteiger partial charge in [0.15, 0.2) is 0 Å². The van der Waals surface area contributed by atoms with Crippen LogP contribution in [0.2, 0.25) is 0 Å². The second-order valence-corrected chi connectivity index (χ2v) is 8.94. The number of hydrogen-bond donors (Lipinski definition) is 2. The number of nitrogens with one attached hydrogen (secondary N) is 2. The van der Waals surface area contributed by atoms with Gasteiger partial charge in [-0.25, -0.2) is 0 Å². The Morgan fingerprint density at radius 2 is 1.54 bits per heavy atom. The Balaban J connectivity index is 1.29. The first kappa shape index (κ1) is 22.8. The van der Waals surface area contributed by atoms with Crippen molar-refractivity contribution < 1.29 is 14.4 Å². The van der Waals surface area contributed by atoms with E-state index in [-0.39, 0.29) is 24.1 Å². The van der Waals surface area contributed by atoms with Crippen LogP contribution in [0.1, 0.15) is 35.2 Å². The Morgan fingerprint density at radius 1 is 0.857 bits per heavy atom. The van der Waals surface area contributed by atoms with Gasteiger partial charge < -0.3 is 15.5 Å². The van der Waals surface area contributed by atoms with E-state index in [1.165, 1.54) is 12.8 Å². The SMILES string of the molecule is O=C(CCN1CCCC1)Nc1ccc(CC(=O)N2c3ccccc3NC(=O)c3ccccc32)cc1. The van der Waals surface area contributed by atoms with Crippen LogP contribution in [-0.4, -0.2) is 42.3 Å². The summed E-state index contributed by atoms with van der Waals surface area (Å²) in [5.74, 6) is -0.396. The number of fused-ring (bicyclic) bond motifs is 2. The fourth-order valence-electron chi connectivity index (χ4n) is 4.67. The van der Waals surface area contributed by atoms with E-state index in [0.29, 0.717) is 34.7 Å². The van der Waals surface area contributed by atoms with Gasteiger partial charge in [0, 0.05) is 18.7 Å². The third-order valence-corrected chi connectivity index (χ3v) is 6.48. The highest BCUT2D eigenvalue weighted by atomic mass is 16.2. The number of hydrogen-bond acceptors (Lipinski definition) is 4. The van der Waals surface area contributed by atoms with E-state index >= 15 is 0 Å². The molecule has 2 N–H and O–H groups in total. The second kappa shape index (κ2) is 10.1. The van der Waals surface area contributed by atoms with Gasteiger partial charge in [0.25, 0.3) is 5.91 Å². The van der Waals surface area contributed by atoms with Crippen LogP contribution < -0.4 is 15.5 Å². The Hall–Kier alpha value is -3.97. The molecule has 1 saturated heterocycles. The first-order valence-electron chi connectivity index (χ1n) is 12.0. The van der Waals surface area contributed by atoms with Gasteiger partial charge >= 0.3 is 0 Å². The average Bonchev–Trinajstić information content (AvgIpc) is 3.35. The van der Waals surface area contributed by atoms with E-state index in [2.05, 4.69) is 15.5 Å². The summed E-state index contributed by atoms with van der Waals surface area (Å²) in [6.45, 7) is 2.94. The molecule has 0 bridgehead atoms. The molecule has 5 rings (SSSR count). The lowest BCUT2D eigenvalue weighted by Gasteiger charge is -2.24. The van der Waals surface area contributed by atoms with Crippen molar-refractivity contribution in [3.05, 3.63) is 83.9 Å². The average molecular weight is 469 g/mol. The monoisotopic (exact) mass is 468 g/mol. The lowest BCUT2D eigenvalue weighted by Crippen LogP contribution is -2.28. The molecule has 7 heteroatoms. The molecule has 35 heavy (non-hydrogen) atoms. The number of likely N-dealkylation sites (tertiary alicyclic amines) is 1. The largest absolute Gasteiger partial charge is 0.326 e. The minimum atomic E-state index is -0.242. The number of benzene rings is 3. The molecule has 0 aromatic heterocycles. The van der Waals surface area contributed by atoms with Crippen molar-refractivity contribution in [2.45, 2.75) is 25.7 Å². The third kappa shape index (κ3) is 5.10. The zero-order chi connectivity index (χ0) is 24.2. The molecule has 7 nitrogen and oxygen atoms in total. The van der Waals surface area contributed by atoms with E-state index in [0.717, 1.165) is 25.2 Å². The minimum Gasteiger partial charge on any atom is -0.326 e. The maximum Gasteiger partial charge on any atom is 0.257 e. The van der Waals surface area contributed by atoms with Crippen LogP contribution in [0.25, 0.3) is 0 Å². The molecule has 1 fully saturated rings. The Kier molecular flexibility index (Phi) is 6.59. The summed E-state index contributed by atoms with van der Waals surface area (Å²) in [5, 5.41) is 5.85. The number of nitrogens with zero attached hydrogens (tertiary/aromatic N) is 2. The summed E-state index contributed by atoms with van der Waals surface area (Å²) in [6.07, 6.45) is 3.05. The van der Waals surface area contributed by atoms with Gasteiger partial charge in [-0.15, -0.1) is 0 Å². The van der Waals surface area contributed by atoms with Gasteiger partial charge in [-0.3, -0.25) is 19.3 Å². The maximum absolute atomic E-state index is 13.5. The molecule has 0 unspecified atom stereocenters. The van der Waals surface area contributed by atoms with Gasteiger partial charge in [0.1, 0.15) is 0 Å². The molecular weight excluding hydrogens is 440 g/mol. The Morgan fingerprint density at radius 3 is 2.31 bits per heavy atom. The Labute approximate surface area is 204 Å². The molecule has 0 spiro atoms. The van der Waals surface area contributed by atoms with E-state index in [4.69, 9.17) is 0 Å². The van der Waals surface area contributed by atoms with Crippen LogP contribution >= 0.6 is 0 Å². The van der Waals surface area contributed by atoms with Crippen LogP contribution in [0.3, 0.4) is 0 Å². The Bertz CT molecular complexity index is 1250. The molecule has 0 radical (unpaired) electrons. The fraction of sp³-hybridized carbons (Fsp3) is 0.250. The normalized spacial score (nSPS) is 15.1. The number of rotatable bonds is 6. The lowest BCUT2D eigenvalue weighted by atomic mass is 10.1. The van der Waals surface area contributed by atoms with Gasteiger partial charge in [-0.2, -0.15) is 0 Å². The molecule has 2 heterocycles. The quantitative estimate of drug-likeness (QED) is 0.555. The number of carbonyl (C=O) groups is 3. The highest BCUT2D eigenvalue weighted by molar-refractivity contribution is 6.17. The van der Waals surface area contributed by atoms with Gasteiger partial charge in [0.2, 0.25) is 11.8 Å². The first-order chi connectivity index (χ1) is 17.1. The summed E-state index contributed by atoms with van der Waals surface area (Å²) in [7, 11) is 0. The summed E-state index contributed by atoms with van der Waals surface area (Å²) in [6, 6.07) is 21.8. The third-order valence-electron chi connectivity index (χ3n) is 6.48. The molecule has 2 aliphatic heterocycles. The summed E-state index contributed by atoms with van der Waals surface area (Å²) in [4.78, 5) is 42.5. The zero-order valence-electron chi connectivity index (χ0n) is 19.5. The van der Waals surface area contributed by atoms with E-state index in [1.54, 1.807) is 29.2 Å². The number of para-hydroxylation sites is 3. The van der Waals surface area contributed by atoms with Gasteiger partial charge in [-0.1, -0.05) is 36.4 Å². The summed E-state index contributed by atoms with van der Waals surface area (Å²) < 4.78 is 0. The van der Waals surface area contributed by atoms with Crippen LogP contribution in [0.4, 0.5) is 22.7 Å². The number of anilines is 4. The molecule has 178 valence electrons. The van der Waals surface area contributed by atoms with Gasteiger partial charge in [0.05, 0.1) is 29.0 Å². The van der Waals surface area contributed by atoms with E-state index in [9.17, 15) is 14.4 Å². The molecule has 0 aliphatic carbocycles. The van der Waals surface area contributed by atoms with Crippen molar-refractivity contribution in [3.63, 3.8) is 0 Å². The second-order valence-electron chi connectivity index (χ2n) is 8.94. The molecule has 0 saturated carbocycles. The zero-order valence-corrected chi connectivity index (χ0v) is 19.5. The van der Waals surface area contributed by atoms with Crippen LogP contribution in [0.15, 0.2) is 72.8 Å². The van der Waals surface area contributed by atoms with Crippen molar-refractivity contribution in [2.24, 2.45) is 0 Å². The van der Waals surface area contributed by atoms with Crippen molar-refractivity contribution in [1.82, 2.24) is 4.90 Å². The standard InChI is InChI=1S/C28H28N4O3/c33-26(15-18-31-16-5-6-17-31)29-21-13-11-20(12-14-21)19-27(34)32-24-9-3-1-7-22(24)28(35)30-23-8-2-4-10-25(23)32/h1-4,7-14H,5-6,15-19H2,(H,29,33)(H,30,35).